The average molecular weight is 258 g/mol. The van der Waals surface area contributed by atoms with E-state index in [2.05, 4.69) is 23.8 Å². The molecule has 3 nitrogen and oxygen atoms in total. The summed E-state index contributed by atoms with van der Waals surface area (Å²) in [5.74, 6) is 2.11. The Hall–Kier alpha value is -0.220. The van der Waals surface area contributed by atoms with E-state index in [1.807, 2.05) is 11.8 Å². The van der Waals surface area contributed by atoms with Gasteiger partial charge >= 0.3 is 0 Å². The normalized spacial score (nSPS) is 18.9. The third-order valence-electron chi connectivity index (χ3n) is 3.40. The molecular formula is C13H26N2OS. The van der Waals surface area contributed by atoms with Crippen molar-refractivity contribution in [3.63, 3.8) is 0 Å². The van der Waals surface area contributed by atoms with Gasteiger partial charge < -0.3 is 10.6 Å². The standard InChI is InChI=1S/C13H26N2OS/c1-11(7-10-17-2)15-13(16)4-3-12-5-8-14-9-6-12/h11-12,14H,3-10H2,1-2H3,(H,15,16). The van der Waals surface area contributed by atoms with Crippen LogP contribution in [0.2, 0.25) is 0 Å². The Morgan fingerprint density at radius 1 is 1.47 bits per heavy atom. The molecule has 1 aliphatic heterocycles. The first-order chi connectivity index (χ1) is 8.22. The summed E-state index contributed by atoms with van der Waals surface area (Å²) in [5.41, 5.74) is 0. The van der Waals surface area contributed by atoms with Crippen molar-refractivity contribution in [3.05, 3.63) is 0 Å². The van der Waals surface area contributed by atoms with Crippen LogP contribution < -0.4 is 10.6 Å². The Labute approximate surface area is 109 Å². The van der Waals surface area contributed by atoms with Gasteiger partial charge in [0.2, 0.25) is 5.91 Å². The van der Waals surface area contributed by atoms with Crippen molar-refractivity contribution in [2.75, 3.05) is 25.1 Å². The number of hydrogen-bond donors (Lipinski definition) is 2. The lowest BCUT2D eigenvalue weighted by Crippen LogP contribution is -2.34. The van der Waals surface area contributed by atoms with Gasteiger partial charge in [0.25, 0.3) is 0 Å². The highest BCUT2D eigenvalue weighted by atomic mass is 32.2. The summed E-state index contributed by atoms with van der Waals surface area (Å²) in [6.07, 6.45) is 7.40. The number of piperidine rings is 1. The van der Waals surface area contributed by atoms with E-state index in [4.69, 9.17) is 0 Å². The van der Waals surface area contributed by atoms with Crippen LogP contribution in [0.5, 0.6) is 0 Å². The Morgan fingerprint density at radius 2 is 2.18 bits per heavy atom. The number of carbonyl (C=O) groups excluding carboxylic acids is 1. The minimum Gasteiger partial charge on any atom is -0.354 e. The summed E-state index contributed by atoms with van der Waals surface area (Å²) in [4.78, 5) is 11.7. The Morgan fingerprint density at radius 3 is 2.82 bits per heavy atom. The summed E-state index contributed by atoms with van der Waals surface area (Å²) in [5, 5.41) is 6.44. The topological polar surface area (TPSA) is 41.1 Å². The molecule has 1 amide bonds. The van der Waals surface area contributed by atoms with Crippen LogP contribution in [0.15, 0.2) is 0 Å². The molecule has 1 unspecified atom stereocenters. The molecule has 0 saturated carbocycles. The zero-order valence-corrected chi connectivity index (χ0v) is 11.9. The largest absolute Gasteiger partial charge is 0.354 e. The average Bonchev–Trinajstić information content (AvgIpc) is 2.35. The van der Waals surface area contributed by atoms with Crippen molar-refractivity contribution in [2.24, 2.45) is 5.92 Å². The molecule has 0 aromatic rings. The first-order valence-electron chi connectivity index (χ1n) is 6.71. The Kier molecular flexibility index (Phi) is 7.69. The van der Waals surface area contributed by atoms with E-state index >= 15 is 0 Å². The number of carbonyl (C=O) groups is 1. The van der Waals surface area contributed by atoms with Crippen LogP contribution in [0, 0.1) is 5.92 Å². The maximum absolute atomic E-state index is 11.7. The van der Waals surface area contributed by atoms with E-state index < -0.39 is 0 Å². The Balaban J connectivity index is 2.07. The van der Waals surface area contributed by atoms with Gasteiger partial charge in [0.15, 0.2) is 0 Å². The van der Waals surface area contributed by atoms with Gasteiger partial charge in [0, 0.05) is 12.5 Å². The lowest BCUT2D eigenvalue weighted by Gasteiger charge is -2.22. The fourth-order valence-electron chi connectivity index (χ4n) is 2.22. The van der Waals surface area contributed by atoms with Gasteiger partial charge in [-0.3, -0.25) is 4.79 Å². The van der Waals surface area contributed by atoms with Gasteiger partial charge in [0.05, 0.1) is 0 Å². The zero-order chi connectivity index (χ0) is 12.5. The van der Waals surface area contributed by atoms with Crippen molar-refractivity contribution in [1.82, 2.24) is 10.6 Å². The van der Waals surface area contributed by atoms with Crippen molar-refractivity contribution in [2.45, 2.75) is 45.1 Å². The van der Waals surface area contributed by atoms with E-state index in [-0.39, 0.29) is 5.91 Å². The molecule has 0 aliphatic carbocycles. The molecule has 100 valence electrons. The zero-order valence-electron chi connectivity index (χ0n) is 11.1. The SMILES string of the molecule is CSCCC(C)NC(=O)CCC1CCNCC1. The number of nitrogens with one attached hydrogen (secondary N) is 2. The van der Waals surface area contributed by atoms with Crippen LogP contribution in [0.4, 0.5) is 0 Å². The van der Waals surface area contributed by atoms with Crippen molar-refractivity contribution in [3.8, 4) is 0 Å². The van der Waals surface area contributed by atoms with Gasteiger partial charge in [-0.15, -0.1) is 0 Å². The number of amides is 1. The van der Waals surface area contributed by atoms with Gasteiger partial charge in [-0.2, -0.15) is 11.8 Å². The molecule has 0 spiro atoms. The van der Waals surface area contributed by atoms with E-state index in [9.17, 15) is 4.79 Å². The molecule has 1 rings (SSSR count). The molecule has 1 aliphatic rings. The minimum atomic E-state index is 0.233. The molecule has 0 aromatic carbocycles. The third kappa shape index (κ3) is 6.94. The molecule has 4 heteroatoms. The quantitative estimate of drug-likeness (QED) is 0.734. The van der Waals surface area contributed by atoms with Gasteiger partial charge in [-0.25, -0.2) is 0 Å². The molecule has 1 atom stereocenters. The van der Waals surface area contributed by atoms with E-state index in [0.717, 1.165) is 37.6 Å². The predicted octanol–water partition coefficient (Wildman–Crippen LogP) is 2.02. The van der Waals surface area contributed by atoms with Gasteiger partial charge in [-0.1, -0.05) is 0 Å². The maximum atomic E-state index is 11.7. The molecule has 1 heterocycles. The molecule has 1 saturated heterocycles. The maximum Gasteiger partial charge on any atom is 0.220 e. The highest BCUT2D eigenvalue weighted by Crippen LogP contribution is 2.17. The fourth-order valence-corrected chi connectivity index (χ4v) is 2.81. The number of hydrogen-bond acceptors (Lipinski definition) is 3. The lowest BCUT2D eigenvalue weighted by molar-refractivity contribution is -0.122. The predicted molar refractivity (Wildman–Crippen MR) is 75.4 cm³/mol. The van der Waals surface area contributed by atoms with Crippen molar-refractivity contribution >= 4 is 17.7 Å². The second-order valence-electron chi connectivity index (χ2n) is 4.98. The number of thioether (sulfide) groups is 1. The van der Waals surface area contributed by atoms with E-state index in [0.29, 0.717) is 12.5 Å². The minimum absolute atomic E-state index is 0.233. The summed E-state index contributed by atoms with van der Waals surface area (Å²) >= 11 is 1.83. The molecule has 0 radical (unpaired) electrons. The second kappa shape index (κ2) is 8.81. The monoisotopic (exact) mass is 258 g/mol. The molecule has 2 N–H and O–H groups in total. The summed E-state index contributed by atoms with van der Waals surface area (Å²) < 4.78 is 0. The molecule has 17 heavy (non-hydrogen) atoms. The Bertz CT molecular complexity index is 217. The highest BCUT2D eigenvalue weighted by Gasteiger charge is 2.15. The second-order valence-corrected chi connectivity index (χ2v) is 5.97. The van der Waals surface area contributed by atoms with Gasteiger partial charge in [-0.05, 0) is 63.6 Å². The van der Waals surface area contributed by atoms with Crippen LogP contribution in [-0.2, 0) is 4.79 Å². The van der Waals surface area contributed by atoms with Crippen molar-refractivity contribution in [1.29, 1.82) is 0 Å². The third-order valence-corrected chi connectivity index (χ3v) is 4.04. The first kappa shape index (κ1) is 14.8. The smallest absolute Gasteiger partial charge is 0.220 e. The fraction of sp³-hybridized carbons (Fsp3) is 0.923. The summed E-state index contributed by atoms with van der Waals surface area (Å²) in [6, 6.07) is 0.322. The van der Waals surface area contributed by atoms with Crippen LogP contribution >= 0.6 is 11.8 Å². The summed E-state index contributed by atoms with van der Waals surface area (Å²) in [7, 11) is 0. The first-order valence-corrected chi connectivity index (χ1v) is 8.10. The summed E-state index contributed by atoms with van der Waals surface area (Å²) in [6.45, 7) is 4.34. The van der Waals surface area contributed by atoms with Crippen LogP contribution in [-0.4, -0.2) is 37.0 Å². The van der Waals surface area contributed by atoms with Gasteiger partial charge in [0.1, 0.15) is 0 Å². The molecule has 0 aromatic heterocycles. The molecule has 0 bridgehead atoms. The van der Waals surface area contributed by atoms with Crippen LogP contribution in [0.1, 0.15) is 39.0 Å². The van der Waals surface area contributed by atoms with E-state index in [1.54, 1.807) is 0 Å². The van der Waals surface area contributed by atoms with E-state index in [1.165, 1.54) is 12.8 Å². The lowest BCUT2D eigenvalue weighted by atomic mass is 9.93. The molecule has 1 fully saturated rings. The van der Waals surface area contributed by atoms with Crippen LogP contribution in [0.25, 0.3) is 0 Å². The highest BCUT2D eigenvalue weighted by molar-refractivity contribution is 7.98. The molecular weight excluding hydrogens is 232 g/mol. The van der Waals surface area contributed by atoms with Crippen LogP contribution in [0.3, 0.4) is 0 Å². The number of rotatable bonds is 7. The van der Waals surface area contributed by atoms with Crippen molar-refractivity contribution < 1.29 is 4.79 Å².